The Morgan fingerprint density at radius 3 is 2.43 bits per heavy atom. The van der Waals surface area contributed by atoms with E-state index in [1.54, 1.807) is 49.4 Å². The first-order valence-corrected chi connectivity index (χ1v) is 19.5. The van der Waals surface area contributed by atoms with Gasteiger partial charge in [0.25, 0.3) is 0 Å². The molecule has 1 aliphatic heterocycles. The minimum Gasteiger partial charge on any atom is -0.467 e. The summed E-state index contributed by atoms with van der Waals surface area (Å²) in [4.78, 5) is 26.4. The lowest BCUT2D eigenvalue weighted by Crippen LogP contribution is -2.37. The number of carbonyl (C=O) groups is 2. The molecule has 2 aromatic rings. The van der Waals surface area contributed by atoms with E-state index >= 15 is 0 Å². The number of rotatable bonds is 16. The topological polar surface area (TPSA) is 110 Å². The van der Waals surface area contributed by atoms with Gasteiger partial charge in [0.05, 0.1) is 24.4 Å². The van der Waals surface area contributed by atoms with Gasteiger partial charge in [-0.05, 0) is 82.0 Å². The van der Waals surface area contributed by atoms with Gasteiger partial charge < -0.3 is 33.5 Å². The van der Waals surface area contributed by atoms with Crippen molar-refractivity contribution in [2.45, 2.75) is 96.4 Å². The summed E-state index contributed by atoms with van der Waals surface area (Å²) >= 11 is 0. The third-order valence-electron chi connectivity index (χ3n) is 7.17. The van der Waals surface area contributed by atoms with Crippen LogP contribution in [0, 0.1) is 6.92 Å². The number of aryl methyl sites for hydroxylation is 1. The van der Waals surface area contributed by atoms with E-state index < -0.39 is 50.2 Å². The van der Waals surface area contributed by atoms with Crippen LogP contribution in [0.25, 0.3) is 6.08 Å². The molecule has 1 N–H and O–H groups in total. The zero-order valence-corrected chi connectivity index (χ0v) is 29.4. The molecule has 1 heterocycles. The van der Waals surface area contributed by atoms with E-state index in [4.69, 9.17) is 28.4 Å². The number of hydrogen-bond acceptors (Lipinski definition) is 9. The van der Waals surface area contributed by atoms with Crippen molar-refractivity contribution in [3.63, 3.8) is 0 Å². The van der Waals surface area contributed by atoms with Crippen LogP contribution < -0.4 is 4.74 Å². The van der Waals surface area contributed by atoms with E-state index in [-0.39, 0.29) is 6.79 Å². The van der Waals surface area contributed by atoms with Crippen molar-refractivity contribution in [2.24, 2.45) is 0 Å². The fourth-order valence-corrected chi connectivity index (χ4v) is 5.65. The summed E-state index contributed by atoms with van der Waals surface area (Å²) in [6.45, 7) is 14.3. The molecule has 3 unspecified atom stereocenters. The highest BCUT2D eigenvalue weighted by Gasteiger charge is 2.45. The molecule has 1 saturated heterocycles. The highest BCUT2D eigenvalue weighted by atomic mass is 28.3. The molecule has 0 bridgehead atoms. The van der Waals surface area contributed by atoms with Crippen LogP contribution in [0.1, 0.15) is 65.5 Å². The van der Waals surface area contributed by atoms with Gasteiger partial charge in [-0.3, -0.25) is 0 Å². The second kappa shape index (κ2) is 17.0. The van der Waals surface area contributed by atoms with Crippen LogP contribution >= 0.6 is 0 Å². The molecule has 0 saturated carbocycles. The van der Waals surface area contributed by atoms with E-state index in [9.17, 15) is 14.7 Å². The zero-order chi connectivity index (χ0) is 33.9. The third-order valence-corrected chi connectivity index (χ3v) is 8.87. The summed E-state index contributed by atoms with van der Waals surface area (Å²) < 4.78 is 35.1. The van der Waals surface area contributed by atoms with E-state index in [2.05, 4.69) is 19.6 Å². The van der Waals surface area contributed by atoms with Gasteiger partial charge in [0.1, 0.15) is 23.5 Å². The number of ether oxygens (including phenoxy) is 6. The molecule has 46 heavy (non-hydrogen) atoms. The number of esters is 2. The third kappa shape index (κ3) is 11.8. The first-order chi connectivity index (χ1) is 21.7. The van der Waals surface area contributed by atoms with Gasteiger partial charge in [0.2, 0.25) is 0 Å². The van der Waals surface area contributed by atoms with Crippen LogP contribution in [-0.2, 0) is 23.7 Å². The maximum Gasteiger partial charge on any atom is 0.342 e. The van der Waals surface area contributed by atoms with Crippen molar-refractivity contribution < 1.29 is 43.1 Å². The summed E-state index contributed by atoms with van der Waals surface area (Å²) in [6.07, 6.45) is 5.60. The molecule has 0 aromatic heterocycles. The van der Waals surface area contributed by atoms with Gasteiger partial charge in [-0.1, -0.05) is 62.1 Å². The fourth-order valence-electron chi connectivity index (χ4n) is 4.93. The Balaban J connectivity index is 1.89. The molecule has 0 spiro atoms. The summed E-state index contributed by atoms with van der Waals surface area (Å²) in [5, 5.41) is 9.81. The normalized spacial score (nSPS) is 19.3. The molecule has 4 atom stereocenters. The van der Waals surface area contributed by atoms with Crippen molar-refractivity contribution in [1.82, 2.24) is 0 Å². The minimum atomic E-state index is -1.41. The number of hydrogen-bond donors (Lipinski definition) is 1. The van der Waals surface area contributed by atoms with Gasteiger partial charge in [-0.25, -0.2) is 9.59 Å². The van der Waals surface area contributed by atoms with E-state index in [0.29, 0.717) is 41.9 Å². The Hall–Kier alpha value is -3.28. The lowest BCUT2D eigenvalue weighted by Gasteiger charge is -2.24. The number of aliphatic hydroxyl groups is 1. The van der Waals surface area contributed by atoms with Gasteiger partial charge in [0, 0.05) is 15.2 Å². The van der Waals surface area contributed by atoms with Crippen LogP contribution in [0.2, 0.25) is 25.7 Å². The van der Waals surface area contributed by atoms with Crippen LogP contribution in [0.4, 0.5) is 0 Å². The Morgan fingerprint density at radius 1 is 1.07 bits per heavy atom. The van der Waals surface area contributed by atoms with E-state index in [0.717, 1.165) is 11.6 Å². The van der Waals surface area contributed by atoms with Crippen molar-refractivity contribution in [1.29, 1.82) is 0 Å². The molecule has 0 radical (unpaired) electrons. The molecule has 2 aromatic carbocycles. The molecular formula is C36H50O9Si. The number of methoxy groups -OCH3 is 1. The molecular weight excluding hydrogens is 604 g/mol. The van der Waals surface area contributed by atoms with Crippen molar-refractivity contribution in [2.75, 3.05) is 20.5 Å². The monoisotopic (exact) mass is 654 g/mol. The summed E-state index contributed by atoms with van der Waals surface area (Å²) in [7, 11) is 0.115. The first-order valence-electron chi connectivity index (χ1n) is 15.8. The lowest BCUT2D eigenvalue weighted by atomic mass is 10.00. The van der Waals surface area contributed by atoms with Gasteiger partial charge in [0.15, 0.2) is 12.6 Å². The average molecular weight is 655 g/mol. The standard InChI is InChI=1S/C36H50O9Si/c1-25-22-28(32(31(23-25)42-24-40-5)35(39)41-20-21-46(6,7)8)17-13-19-30-33(45-36(3,4)44-30)29(18-12-14-26(2)37)43-34(38)27-15-10-9-11-16-27/h9-13,15-18,22-23,26,29-30,33,37H,14,19-21,24H2,1-8H3/b17-13+,18-12-/t26-,29?,30?,33?/m1/s1. The Morgan fingerprint density at radius 2 is 1.78 bits per heavy atom. The lowest BCUT2D eigenvalue weighted by molar-refractivity contribution is -0.152. The highest BCUT2D eigenvalue weighted by molar-refractivity contribution is 6.76. The molecule has 252 valence electrons. The van der Waals surface area contributed by atoms with Crippen molar-refractivity contribution in [3.8, 4) is 5.75 Å². The summed E-state index contributed by atoms with van der Waals surface area (Å²) in [5.74, 6) is -1.50. The molecule has 9 nitrogen and oxygen atoms in total. The van der Waals surface area contributed by atoms with Crippen LogP contribution in [0.15, 0.2) is 60.7 Å². The molecule has 1 aliphatic rings. The average Bonchev–Trinajstić information content (AvgIpc) is 3.28. The van der Waals surface area contributed by atoms with Crippen LogP contribution in [0.5, 0.6) is 5.75 Å². The zero-order valence-electron chi connectivity index (χ0n) is 28.4. The number of benzene rings is 2. The van der Waals surface area contributed by atoms with Crippen molar-refractivity contribution >= 4 is 26.1 Å². The summed E-state index contributed by atoms with van der Waals surface area (Å²) in [5.41, 5.74) is 2.29. The molecule has 0 aliphatic carbocycles. The maximum atomic E-state index is 13.4. The first kappa shape index (κ1) is 37.2. The molecule has 10 heteroatoms. The largest absolute Gasteiger partial charge is 0.467 e. The van der Waals surface area contributed by atoms with Crippen LogP contribution in [0.3, 0.4) is 0 Å². The Kier molecular flexibility index (Phi) is 13.8. The van der Waals surface area contributed by atoms with E-state index in [1.807, 2.05) is 45.1 Å². The van der Waals surface area contributed by atoms with Gasteiger partial charge in [-0.2, -0.15) is 0 Å². The SMILES string of the molecule is COCOc1cc(C)cc(/C=C/CC2OC(C)(C)OC2C(/C=C\C[C@@H](C)O)OC(=O)c2ccccc2)c1C(=O)OCC[Si](C)(C)C. The quantitative estimate of drug-likeness (QED) is 0.0890. The second-order valence-corrected chi connectivity index (χ2v) is 18.9. The number of aliphatic hydroxyl groups excluding tert-OH is 1. The highest BCUT2D eigenvalue weighted by Crippen LogP contribution is 2.34. The predicted molar refractivity (Wildman–Crippen MR) is 181 cm³/mol. The Bertz CT molecular complexity index is 1350. The predicted octanol–water partition coefficient (Wildman–Crippen LogP) is 6.95. The minimum absolute atomic E-state index is 0.0164. The fraction of sp³-hybridized carbons (Fsp3) is 0.500. The second-order valence-electron chi connectivity index (χ2n) is 13.3. The van der Waals surface area contributed by atoms with E-state index in [1.165, 1.54) is 7.11 Å². The molecule has 0 amide bonds. The molecule has 1 fully saturated rings. The molecule has 3 rings (SSSR count). The maximum absolute atomic E-state index is 13.4. The van der Waals surface area contributed by atoms with Gasteiger partial charge >= 0.3 is 11.9 Å². The Labute approximate surface area is 274 Å². The summed E-state index contributed by atoms with van der Waals surface area (Å²) in [6, 6.07) is 13.3. The van der Waals surface area contributed by atoms with Crippen LogP contribution in [-0.4, -0.2) is 75.8 Å². The number of carbonyl (C=O) groups excluding carboxylic acids is 2. The van der Waals surface area contributed by atoms with Crippen molar-refractivity contribution in [3.05, 3.63) is 82.9 Å². The van der Waals surface area contributed by atoms with Gasteiger partial charge in [-0.15, -0.1) is 0 Å². The smallest absolute Gasteiger partial charge is 0.342 e.